The summed E-state index contributed by atoms with van der Waals surface area (Å²) in [5.74, 6) is -0.0565. The van der Waals surface area contributed by atoms with Crippen LogP contribution in [0.2, 0.25) is 0 Å². The molecule has 2 heterocycles. The Balaban J connectivity index is 1.56. The highest BCUT2D eigenvalue weighted by atomic mass is 16.2. The van der Waals surface area contributed by atoms with Crippen LogP contribution in [0.1, 0.15) is 61.1 Å². The van der Waals surface area contributed by atoms with Gasteiger partial charge in [0, 0.05) is 18.8 Å². The molecule has 0 spiro atoms. The first-order valence-electron chi connectivity index (χ1n) is 9.87. The first-order chi connectivity index (χ1) is 12.8. The molecule has 1 aliphatic rings. The van der Waals surface area contributed by atoms with Crippen molar-refractivity contribution in [3.8, 4) is 0 Å². The smallest absolute Gasteiger partial charge is 0.271 e. The van der Waals surface area contributed by atoms with E-state index in [0.29, 0.717) is 11.7 Å². The van der Waals surface area contributed by atoms with Crippen LogP contribution in [0.5, 0.6) is 0 Å². The third-order valence-corrected chi connectivity index (χ3v) is 5.08. The monoisotopic (exact) mass is 354 g/mol. The zero-order valence-electron chi connectivity index (χ0n) is 15.7. The van der Waals surface area contributed by atoms with E-state index in [2.05, 4.69) is 46.9 Å². The summed E-state index contributed by atoms with van der Waals surface area (Å²) < 4.78 is 1.94. The fourth-order valence-corrected chi connectivity index (χ4v) is 3.60. The number of aromatic nitrogens is 2. The minimum absolute atomic E-state index is 0.0565. The number of amides is 1. The van der Waals surface area contributed by atoms with Crippen molar-refractivity contribution in [2.75, 3.05) is 13.1 Å². The highest BCUT2D eigenvalue weighted by Crippen LogP contribution is 2.16. The van der Waals surface area contributed by atoms with Gasteiger partial charge in [0.1, 0.15) is 5.69 Å². The molecule has 5 heteroatoms. The lowest BCUT2D eigenvalue weighted by molar-refractivity contribution is 0.0926. The first kappa shape index (κ1) is 18.6. The standard InChI is InChI=1S/C21H30N4O/c1-2-7-18(12-11-17-8-4-3-5-9-17)23-21(26)20-13-15-25(24-20)19-10-6-14-22-16-19/h3-5,8-9,13,15,18-19,22H,2,6-7,10-12,14,16H2,1H3,(H,23,26). The third-order valence-electron chi connectivity index (χ3n) is 5.08. The molecule has 5 nitrogen and oxygen atoms in total. The molecule has 1 fully saturated rings. The molecular weight excluding hydrogens is 324 g/mol. The van der Waals surface area contributed by atoms with Gasteiger partial charge in [0.2, 0.25) is 0 Å². The molecular formula is C21H30N4O. The van der Waals surface area contributed by atoms with Gasteiger partial charge in [-0.05, 0) is 50.3 Å². The van der Waals surface area contributed by atoms with Crippen molar-refractivity contribution in [1.29, 1.82) is 0 Å². The van der Waals surface area contributed by atoms with Gasteiger partial charge in [-0.15, -0.1) is 0 Å². The number of carbonyl (C=O) groups excluding carboxylic acids is 1. The van der Waals surface area contributed by atoms with Crippen LogP contribution in [0.15, 0.2) is 42.6 Å². The maximum Gasteiger partial charge on any atom is 0.271 e. The van der Waals surface area contributed by atoms with Crippen molar-refractivity contribution in [2.45, 2.75) is 57.5 Å². The van der Waals surface area contributed by atoms with Crippen molar-refractivity contribution in [1.82, 2.24) is 20.4 Å². The minimum Gasteiger partial charge on any atom is -0.348 e. The SMILES string of the molecule is CCCC(CCc1ccccc1)NC(=O)c1ccn(C2CCCNC2)n1. The number of aryl methyl sites for hydroxylation is 1. The second-order valence-corrected chi connectivity index (χ2v) is 7.16. The molecule has 0 radical (unpaired) electrons. The molecule has 0 bridgehead atoms. The maximum absolute atomic E-state index is 12.6. The van der Waals surface area contributed by atoms with Crippen LogP contribution in [0.4, 0.5) is 0 Å². The van der Waals surface area contributed by atoms with Crippen LogP contribution in [-0.4, -0.2) is 34.8 Å². The Morgan fingerprint density at radius 1 is 1.31 bits per heavy atom. The second kappa shape index (κ2) is 9.53. The van der Waals surface area contributed by atoms with Gasteiger partial charge in [0.15, 0.2) is 0 Å². The molecule has 3 rings (SSSR count). The van der Waals surface area contributed by atoms with E-state index in [1.54, 1.807) is 0 Å². The van der Waals surface area contributed by atoms with Crippen molar-refractivity contribution in [2.24, 2.45) is 0 Å². The van der Waals surface area contributed by atoms with Gasteiger partial charge < -0.3 is 10.6 Å². The van der Waals surface area contributed by atoms with Gasteiger partial charge in [-0.3, -0.25) is 9.48 Å². The lowest BCUT2D eigenvalue weighted by Gasteiger charge is -2.23. The summed E-state index contributed by atoms with van der Waals surface area (Å²) in [4.78, 5) is 12.6. The fraction of sp³-hybridized carbons (Fsp3) is 0.524. The predicted molar refractivity (Wildman–Crippen MR) is 104 cm³/mol. The number of carbonyl (C=O) groups is 1. The molecule has 26 heavy (non-hydrogen) atoms. The highest BCUT2D eigenvalue weighted by molar-refractivity contribution is 5.92. The Hall–Kier alpha value is -2.14. The zero-order chi connectivity index (χ0) is 18.2. The van der Waals surface area contributed by atoms with Crippen molar-refractivity contribution >= 4 is 5.91 Å². The molecule has 0 saturated carbocycles. The van der Waals surface area contributed by atoms with E-state index < -0.39 is 0 Å². The molecule has 2 atom stereocenters. The Bertz CT molecular complexity index is 676. The molecule has 1 aliphatic heterocycles. The normalized spacial score (nSPS) is 18.4. The number of hydrogen-bond acceptors (Lipinski definition) is 3. The van der Waals surface area contributed by atoms with E-state index in [1.165, 1.54) is 5.56 Å². The summed E-state index contributed by atoms with van der Waals surface area (Å²) in [7, 11) is 0. The number of nitrogens with zero attached hydrogens (tertiary/aromatic N) is 2. The van der Waals surface area contributed by atoms with Crippen LogP contribution in [0.25, 0.3) is 0 Å². The summed E-state index contributed by atoms with van der Waals surface area (Å²) in [6.45, 7) is 4.16. The summed E-state index contributed by atoms with van der Waals surface area (Å²) in [5.41, 5.74) is 1.84. The lowest BCUT2D eigenvalue weighted by Crippen LogP contribution is -2.36. The Labute approximate surface area is 156 Å². The molecule has 2 N–H and O–H groups in total. The largest absolute Gasteiger partial charge is 0.348 e. The first-order valence-corrected chi connectivity index (χ1v) is 9.87. The Kier molecular flexibility index (Phi) is 6.83. The van der Waals surface area contributed by atoms with Crippen LogP contribution in [0, 0.1) is 0 Å². The molecule has 1 saturated heterocycles. The number of piperidine rings is 1. The maximum atomic E-state index is 12.6. The topological polar surface area (TPSA) is 59.0 Å². The second-order valence-electron chi connectivity index (χ2n) is 7.16. The van der Waals surface area contributed by atoms with Gasteiger partial charge in [0.05, 0.1) is 6.04 Å². The average molecular weight is 354 g/mol. The van der Waals surface area contributed by atoms with Crippen LogP contribution in [-0.2, 0) is 6.42 Å². The van der Waals surface area contributed by atoms with Gasteiger partial charge in [-0.25, -0.2) is 0 Å². The minimum atomic E-state index is -0.0565. The molecule has 2 unspecified atom stereocenters. The highest BCUT2D eigenvalue weighted by Gasteiger charge is 2.19. The molecule has 140 valence electrons. The van der Waals surface area contributed by atoms with Gasteiger partial charge in [0.25, 0.3) is 5.91 Å². The Morgan fingerprint density at radius 2 is 2.15 bits per heavy atom. The third kappa shape index (κ3) is 5.18. The summed E-state index contributed by atoms with van der Waals surface area (Å²) >= 11 is 0. The number of hydrogen-bond donors (Lipinski definition) is 2. The fourth-order valence-electron chi connectivity index (χ4n) is 3.60. The van der Waals surface area contributed by atoms with E-state index in [1.807, 2.05) is 23.0 Å². The number of nitrogens with one attached hydrogen (secondary N) is 2. The summed E-state index contributed by atoms with van der Waals surface area (Å²) in [6.07, 6.45) is 8.19. The quantitative estimate of drug-likeness (QED) is 0.764. The van der Waals surface area contributed by atoms with Crippen LogP contribution in [0.3, 0.4) is 0 Å². The van der Waals surface area contributed by atoms with Crippen LogP contribution >= 0.6 is 0 Å². The van der Waals surface area contributed by atoms with Crippen LogP contribution < -0.4 is 10.6 Å². The van der Waals surface area contributed by atoms with Crippen molar-refractivity contribution in [3.05, 3.63) is 53.9 Å². The Morgan fingerprint density at radius 3 is 2.88 bits per heavy atom. The number of rotatable bonds is 8. The lowest BCUT2D eigenvalue weighted by atomic mass is 10.0. The molecule has 1 amide bonds. The van der Waals surface area contributed by atoms with Crippen molar-refractivity contribution < 1.29 is 4.79 Å². The van der Waals surface area contributed by atoms with Gasteiger partial charge in [-0.1, -0.05) is 43.7 Å². The molecule has 0 aliphatic carbocycles. The van der Waals surface area contributed by atoms with Gasteiger partial charge >= 0.3 is 0 Å². The summed E-state index contributed by atoms with van der Waals surface area (Å²) in [5, 5.41) is 11.1. The van der Waals surface area contributed by atoms with Crippen molar-refractivity contribution in [3.63, 3.8) is 0 Å². The zero-order valence-corrected chi connectivity index (χ0v) is 15.7. The predicted octanol–water partition coefficient (Wildman–Crippen LogP) is 3.34. The average Bonchev–Trinajstić information content (AvgIpc) is 3.18. The van der Waals surface area contributed by atoms with E-state index in [0.717, 1.165) is 51.6 Å². The summed E-state index contributed by atoms with van der Waals surface area (Å²) in [6, 6.07) is 12.8. The van der Waals surface area contributed by atoms with E-state index in [4.69, 9.17) is 0 Å². The molecule has 1 aromatic carbocycles. The van der Waals surface area contributed by atoms with E-state index in [-0.39, 0.29) is 11.9 Å². The number of benzene rings is 1. The van der Waals surface area contributed by atoms with E-state index in [9.17, 15) is 4.79 Å². The van der Waals surface area contributed by atoms with E-state index >= 15 is 0 Å². The molecule has 1 aromatic heterocycles. The molecule has 2 aromatic rings. The van der Waals surface area contributed by atoms with Gasteiger partial charge in [-0.2, -0.15) is 5.10 Å².